The fourth-order valence-corrected chi connectivity index (χ4v) is 2.13. The Bertz CT molecular complexity index is 568. The number of rotatable bonds is 4. The summed E-state index contributed by atoms with van der Waals surface area (Å²) in [5.41, 5.74) is 2.07. The van der Waals surface area contributed by atoms with Crippen molar-refractivity contribution in [3.05, 3.63) is 29.8 Å². The van der Waals surface area contributed by atoms with Crippen molar-refractivity contribution in [3.8, 4) is 11.4 Å². The van der Waals surface area contributed by atoms with Gasteiger partial charge in [0.1, 0.15) is 5.25 Å². The number of hydrogen-bond acceptors (Lipinski definition) is 4. The highest BCUT2D eigenvalue weighted by Gasteiger charge is 2.16. The maximum absolute atomic E-state index is 10.7. The van der Waals surface area contributed by atoms with E-state index in [1.54, 1.807) is 6.92 Å². The van der Waals surface area contributed by atoms with Crippen molar-refractivity contribution in [2.45, 2.75) is 24.3 Å². The van der Waals surface area contributed by atoms with Gasteiger partial charge in [-0.15, -0.1) is 5.10 Å². The third-order valence-electron chi connectivity index (χ3n) is 2.50. The average Bonchev–Trinajstić information content (AvgIpc) is 2.77. The zero-order chi connectivity index (χ0) is 13.1. The Morgan fingerprint density at radius 2 is 2.17 bits per heavy atom. The van der Waals surface area contributed by atoms with E-state index in [-0.39, 0.29) is 0 Å². The van der Waals surface area contributed by atoms with Gasteiger partial charge in [-0.05, 0) is 19.4 Å². The number of aromatic amines is 1. The molecule has 0 radical (unpaired) electrons. The van der Waals surface area contributed by atoms with Gasteiger partial charge >= 0.3 is 5.97 Å². The first-order valence-corrected chi connectivity index (χ1v) is 6.34. The molecule has 1 heterocycles. The van der Waals surface area contributed by atoms with Crippen LogP contribution in [0.25, 0.3) is 11.4 Å². The van der Waals surface area contributed by atoms with Crippen LogP contribution in [0.2, 0.25) is 0 Å². The van der Waals surface area contributed by atoms with Crippen LogP contribution in [-0.4, -0.2) is 31.5 Å². The second-order valence-electron chi connectivity index (χ2n) is 3.88. The van der Waals surface area contributed by atoms with Crippen LogP contribution in [-0.2, 0) is 4.79 Å². The van der Waals surface area contributed by atoms with E-state index >= 15 is 0 Å². The summed E-state index contributed by atoms with van der Waals surface area (Å²) in [4.78, 5) is 15.0. The van der Waals surface area contributed by atoms with E-state index in [1.165, 1.54) is 0 Å². The second-order valence-corrected chi connectivity index (χ2v) is 5.19. The maximum atomic E-state index is 10.7. The number of thioether (sulfide) groups is 1. The highest BCUT2D eigenvalue weighted by molar-refractivity contribution is 8.00. The molecule has 0 aliphatic rings. The molecule has 2 aromatic rings. The molecule has 2 N–H and O–H groups in total. The lowest BCUT2D eigenvalue weighted by molar-refractivity contribution is -0.136. The van der Waals surface area contributed by atoms with Gasteiger partial charge in [-0.25, -0.2) is 4.98 Å². The number of aryl methyl sites for hydroxylation is 1. The van der Waals surface area contributed by atoms with Crippen LogP contribution in [0.15, 0.2) is 29.4 Å². The molecule has 1 aromatic heterocycles. The topological polar surface area (TPSA) is 78.9 Å². The van der Waals surface area contributed by atoms with Crippen LogP contribution >= 0.6 is 11.8 Å². The molecule has 0 aliphatic heterocycles. The van der Waals surface area contributed by atoms with Crippen molar-refractivity contribution in [2.24, 2.45) is 0 Å². The van der Waals surface area contributed by atoms with Crippen LogP contribution < -0.4 is 0 Å². The number of carboxylic acid groups (broad SMARTS) is 1. The van der Waals surface area contributed by atoms with Gasteiger partial charge in [0.25, 0.3) is 0 Å². The summed E-state index contributed by atoms with van der Waals surface area (Å²) in [6.07, 6.45) is 0. The van der Waals surface area contributed by atoms with Gasteiger partial charge in [0.05, 0.1) is 0 Å². The summed E-state index contributed by atoms with van der Waals surface area (Å²) < 4.78 is 0. The van der Waals surface area contributed by atoms with Gasteiger partial charge in [-0.2, -0.15) is 0 Å². The monoisotopic (exact) mass is 263 g/mol. The molecule has 0 saturated heterocycles. The molecule has 94 valence electrons. The van der Waals surface area contributed by atoms with E-state index in [2.05, 4.69) is 15.2 Å². The summed E-state index contributed by atoms with van der Waals surface area (Å²) in [7, 11) is 0. The van der Waals surface area contributed by atoms with Crippen LogP contribution in [0.4, 0.5) is 0 Å². The third-order valence-corrected chi connectivity index (χ3v) is 3.44. The first-order chi connectivity index (χ1) is 8.58. The Labute approximate surface area is 109 Å². The molecule has 2 rings (SSSR count). The third kappa shape index (κ3) is 2.70. The lowest BCUT2D eigenvalue weighted by Crippen LogP contribution is -2.11. The molecule has 0 saturated carbocycles. The van der Waals surface area contributed by atoms with Crippen molar-refractivity contribution in [2.75, 3.05) is 0 Å². The maximum Gasteiger partial charge on any atom is 0.316 e. The van der Waals surface area contributed by atoms with Gasteiger partial charge in [0.2, 0.25) is 5.16 Å². The highest BCUT2D eigenvalue weighted by Crippen LogP contribution is 2.24. The Morgan fingerprint density at radius 3 is 2.83 bits per heavy atom. The molecular formula is C12H13N3O2S. The predicted octanol–water partition coefficient (Wildman–Crippen LogP) is 2.35. The summed E-state index contributed by atoms with van der Waals surface area (Å²) in [5, 5.41) is 15.6. The molecule has 0 bridgehead atoms. The number of nitrogens with zero attached hydrogens (tertiary/aromatic N) is 2. The van der Waals surface area contributed by atoms with E-state index in [9.17, 15) is 4.79 Å². The zero-order valence-electron chi connectivity index (χ0n) is 10.0. The van der Waals surface area contributed by atoms with Crippen LogP contribution in [0, 0.1) is 6.92 Å². The number of nitrogens with one attached hydrogen (secondary N) is 1. The Hall–Kier alpha value is -1.82. The van der Waals surface area contributed by atoms with Crippen molar-refractivity contribution in [3.63, 3.8) is 0 Å². The Morgan fingerprint density at radius 1 is 1.44 bits per heavy atom. The SMILES string of the molecule is Cc1ccccc1-c1nc(S[C@H](C)C(=O)O)n[nH]1. The number of aromatic nitrogens is 3. The molecule has 0 amide bonds. The van der Waals surface area contributed by atoms with Gasteiger partial charge in [0.15, 0.2) is 5.82 Å². The number of carbonyl (C=O) groups is 1. The number of H-pyrrole nitrogens is 1. The first-order valence-electron chi connectivity index (χ1n) is 5.46. The van der Waals surface area contributed by atoms with Crippen molar-refractivity contribution < 1.29 is 9.90 Å². The second kappa shape index (κ2) is 5.22. The standard InChI is InChI=1S/C12H13N3O2S/c1-7-5-3-4-6-9(7)10-13-12(15-14-10)18-8(2)11(16)17/h3-6,8H,1-2H3,(H,16,17)(H,13,14,15)/t8-/m1/s1. The zero-order valence-corrected chi connectivity index (χ0v) is 10.9. The molecule has 0 unspecified atom stereocenters. The predicted molar refractivity (Wildman–Crippen MR) is 69.5 cm³/mol. The van der Waals surface area contributed by atoms with Gasteiger partial charge in [-0.1, -0.05) is 36.0 Å². The molecule has 0 spiro atoms. The largest absolute Gasteiger partial charge is 0.480 e. The van der Waals surface area contributed by atoms with E-state index in [4.69, 9.17) is 5.11 Å². The van der Waals surface area contributed by atoms with Crippen molar-refractivity contribution in [1.82, 2.24) is 15.2 Å². The van der Waals surface area contributed by atoms with Crippen LogP contribution in [0.3, 0.4) is 0 Å². The molecule has 18 heavy (non-hydrogen) atoms. The molecule has 0 fully saturated rings. The molecule has 1 atom stereocenters. The van der Waals surface area contributed by atoms with E-state index < -0.39 is 11.2 Å². The summed E-state index contributed by atoms with van der Waals surface area (Å²) in [6, 6.07) is 7.82. The Kier molecular flexibility index (Phi) is 3.66. The molecule has 0 aliphatic carbocycles. The fraction of sp³-hybridized carbons (Fsp3) is 0.250. The van der Waals surface area contributed by atoms with E-state index in [1.807, 2.05) is 31.2 Å². The quantitative estimate of drug-likeness (QED) is 0.828. The first kappa shape index (κ1) is 12.6. The number of aliphatic carboxylic acids is 1. The van der Waals surface area contributed by atoms with Crippen molar-refractivity contribution >= 4 is 17.7 Å². The lowest BCUT2D eigenvalue weighted by Gasteiger charge is -2.01. The Balaban J connectivity index is 2.21. The van der Waals surface area contributed by atoms with Gasteiger partial charge in [-0.3, -0.25) is 9.89 Å². The molecule has 6 heteroatoms. The van der Waals surface area contributed by atoms with Crippen LogP contribution in [0.5, 0.6) is 0 Å². The molecule has 1 aromatic carbocycles. The van der Waals surface area contributed by atoms with Gasteiger partial charge in [0, 0.05) is 5.56 Å². The summed E-state index contributed by atoms with van der Waals surface area (Å²) in [6.45, 7) is 3.60. The minimum absolute atomic E-state index is 0.447. The minimum Gasteiger partial charge on any atom is -0.480 e. The highest BCUT2D eigenvalue weighted by atomic mass is 32.2. The van der Waals surface area contributed by atoms with E-state index in [0.717, 1.165) is 22.9 Å². The lowest BCUT2D eigenvalue weighted by atomic mass is 10.1. The average molecular weight is 263 g/mol. The molecular weight excluding hydrogens is 250 g/mol. The number of carboxylic acids is 1. The fourth-order valence-electron chi connectivity index (χ4n) is 1.47. The van der Waals surface area contributed by atoms with Crippen LogP contribution in [0.1, 0.15) is 12.5 Å². The van der Waals surface area contributed by atoms with Crippen molar-refractivity contribution in [1.29, 1.82) is 0 Å². The number of benzene rings is 1. The van der Waals surface area contributed by atoms with E-state index in [0.29, 0.717) is 11.0 Å². The van der Waals surface area contributed by atoms with Gasteiger partial charge < -0.3 is 5.11 Å². The minimum atomic E-state index is -0.873. The summed E-state index contributed by atoms with van der Waals surface area (Å²) >= 11 is 1.12. The smallest absolute Gasteiger partial charge is 0.316 e. The normalized spacial score (nSPS) is 12.3. The summed E-state index contributed by atoms with van der Waals surface area (Å²) in [5.74, 6) is -0.213. The molecule has 5 nitrogen and oxygen atoms in total. The number of hydrogen-bond donors (Lipinski definition) is 2.